The van der Waals surface area contributed by atoms with Crippen molar-refractivity contribution in [2.75, 3.05) is 13.1 Å². The summed E-state index contributed by atoms with van der Waals surface area (Å²) in [6.45, 7) is 3.44. The van der Waals surface area contributed by atoms with E-state index in [9.17, 15) is 26.4 Å². The van der Waals surface area contributed by atoms with Gasteiger partial charge < -0.3 is 15.8 Å². The van der Waals surface area contributed by atoms with E-state index in [0.29, 0.717) is 12.8 Å². The first-order valence-electron chi connectivity index (χ1n) is 7.82. The third-order valence-electron chi connectivity index (χ3n) is 3.84. The molecule has 1 aromatic rings. The minimum atomic E-state index is -4.87. The van der Waals surface area contributed by atoms with E-state index in [1.54, 1.807) is 0 Å². The molecule has 0 radical (unpaired) electrons. The smallest absolute Gasteiger partial charge is 0.406 e. The summed E-state index contributed by atoms with van der Waals surface area (Å²) in [6, 6.07) is 3.63. The summed E-state index contributed by atoms with van der Waals surface area (Å²) in [7, 11) is -4.06. The van der Waals surface area contributed by atoms with Gasteiger partial charge in [-0.2, -0.15) is 0 Å². The Morgan fingerprint density at radius 1 is 1.15 bits per heavy atom. The first-order chi connectivity index (χ1) is 11.9. The van der Waals surface area contributed by atoms with Crippen molar-refractivity contribution in [1.82, 2.24) is 10.0 Å². The van der Waals surface area contributed by atoms with Gasteiger partial charge in [-0.25, -0.2) is 13.1 Å². The molecule has 0 fully saturated rings. The van der Waals surface area contributed by atoms with Crippen LogP contribution in [0.5, 0.6) is 5.75 Å². The average Bonchev–Trinajstić information content (AvgIpc) is 2.57. The standard InChI is InChI=1S/C15H22F3N3O4S.ClH/c1-3-14(19,4-2)10-20-13(22)9-21-26(23,24)12-7-5-11(6-8-12)25-15(16,17)18;/h5-8,21H,3-4,9-10,19H2,1-2H3,(H,20,22);1H. The van der Waals surface area contributed by atoms with Gasteiger partial charge in [0.1, 0.15) is 5.75 Å². The fourth-order valence-corrected chi connectivity index (χ4v) is 2.88. The van der Waals surface area contributed by atoms with Crippen molar-refractivity contribution >= 4 is 28.3 Å². The van der Waals surface area contributed by atoms with Crippen molar-refractivity contribution < 1.29 is 31.1 Å². The zero-order valence-corrected chi connectivity index (χ0v) is 16.4. The minimum Gasteiger partial charge on any atom is -0.406 e. The van der Waals surface area contributed by atoms with Crippen molar-refractivity contribution in [3.8, 4) is 5.75 Å². The topological polar surface area (TPSA) is 111 Å². The molecule has 0 saturated carbocycles. The number of nitrogens with one attached hydrogen (secondary N) is 2. The lowest BCUT2D eigenvalue weighted by Crippen LogP contribution is -2.50. The van der Waals surface area contributed by atoms with Gasteiger partial charge in [0.2, 0.25) is 15.9 Å². The maximum absolute atomic E-state index is 12.1. The van der Waals surface area contributed by atoms with E-state index in [1.165, 1.54) is 0 Å². The second-order valence-corrected chi connectivity index (χ2v) is 7.46. The molecule has 0 atom stereocenters. The van der Waals surface area contributed by atoms with Crippen LogP contribution in [-0.4, -0.2) is 39.3 Å². The van der Waals surface area contributed by atoms with Gasteiger partial charge in [-0.3, -0.25) is 4.79 Å². The number of hydrogen-bond donors (Lipinski definition) is 3. The third kappa shape index (κ3) is 8.78. The number of sulfonamides is 1. The van der Waals surface area contributed by atoms with Crippen LogP contribution in [0.25, 0.3) is 0 Å². The van der Waals surface area contributed by atoms with Gasteiger partial charge in [0.15, 0.2) is 0 Å². The van der Waals surface area contributed by atoms with Crippen molar-refractivity contribution in [1.29, 1.82) is 0 Å². The molecule has 0 aliphatic rings. The molecular weight excluding hydrogens is 411 g/mol. The van der Waals surface area contributed by atoms with Crippen LogP contribution in [0.1, 0.15) is 26.7 Å². The van der Waals surface area contributed by atoms with E-state index in [4.69, 9.17) is 5.73 Å². The van der Waals surface area contributed by atoms with E-state index in [2.05, 4.69) is 14.8 Å². The van der Waals surface area contributed by atoms with Crippen molar-refractivity contribution in [3.63, 3.8) is 0 Å². The number of alkyl halides is 3. The van der Waals surface area contributed by atoms with Crippen LogP contribution >= 0.6 is 12.4 Å². The molecule has 7 nitrogen and oxygen atoms in total. The second kappa shape index (κ2) is 10.1. The monoisotopic (exact) mass is 433 g/mol. The summed E-state index contributed by atoms with van der Waals surface area (Å²) in [5.41, 5.74) is 5.46. The summed E-state index contributed by atoms with van der Waals surface area (Å²) in [4.78, 5) is 11.5. The van der Waals surface area contributed by atoms with Crippen molar-refractivity contribution in [2.24, 2.45) is 5.73 Å². The molecule has 0 heterocycles. The number of amides is 1. The highest BCUT2D eigenvalue weighted by atomic mass is 35.5. The lowest BCUT2D eigenvalue weighted by Gasteiger charge is -2.26. The number of ether oxygens (including phenoxy) is 1. The molecule has 0 aliphatic heterocycles. The summed E-state index contributed by atoms with van der Waals surface area (Å²) in [5, 5.41) is 2.55. The number of carbonyl (C=O) groups is 1. The average molecular weight is 434 g/mol. The predicted octanol–water partition coefficient (Wildman–Crippen LogP) is 1.92. The molecule has 1 rings (SSSR count). The Morgan fingerprint density at radius 3 is 2.11 bits per heavy atom. The highest BCUT2D eigenvalue weighted by Gasteiger charge is 2.31. The van der Waals surface area contributed by atoms with Gasteiger partial charge in [0, 0.05) is 12.1 Å². The van der Waals surface area contributed by atoms with Gasteiger partial charge in [-0.1, -0.05) is 13.8 Å². The number of nitrogens with two attached hydrogens (primary N) is 1. The quantitative estimate of drug-likeness (QED) is 0.551. The van der Waals surface area contributed by atoms with Crippen molar-refractivity contribution in [3.05, 3.63) is 24.3 Å². The van der Waals surface area contributed by atoms with Crippen LogP contribution < -0.4 is 20.5 Å². The van der Waals surface area contributed by atoms with Crippen LogP contribution in [-0.2, 0) is 14.8 Å². The largest absolute Gasteiger partial charge is 0.573 e. The number of halogens is 4. The molecule has 12 heteroatoms. The minimum absolute atomic E-state index is 0. The van der Waals surface area contributed by atoms with Crippen LogP contribution in [0.3, 0.4) is 0 Å². The Morgan fingerprint density at radius 2 is 1.67 bits per heavy atom. The highest BCUT2D eigenvalue weighted by Crippen LogP contribution is 2.23. The van der Waals surface area contributed by atoms with E-state index >= 15 is 0 Å². The van der Waals surface area contributed by atoms with Crippen molar-refractivity contribution in [2.45, 2.75) is 43.5 Å². The molecular formula is C15H23ClF3N3O4S. The molecule has 0 spiro atoms. The molecule has 0 aromatic heterocycles. The Kier molecular flexibility index (Phi) is 9.53. The molecule has 0 aliphatic carbocycles. The summed E-state index contributed by atoms with van der Waals surface area (Å²) in [6.07, 6.45) is -3.59. The zero-order chi connectivity index (χ0) is 20.0. The predicted molar refractivity (Wildman–Crippen MR) is 96.1 cm³/mol. The molecule has 0 saturated heterocycles. The Balaban J connectivity index is 0.00000676. The third-order valence-corrected chi connectivity index (χ3v) is 5.25. The number of hydrogen-bond acceptors (Lipinski definition) is 5. The molecule has 27 heavy (non-hydrogen) atoms. The Bertz CT molecular complexity index is 708. The van der Waals surface area contributed by atoms with Gasteiger partial charge >= 0.3 is 6.36 Å². The molecule has 0 unspecified atom stereocenters. The van der Waals surface area contributed by atoms with Crippen LogP contribution in [0, 0.1) is 0 Å². The molecule has 4 N–H and O–H groups in total. The van der Waals surface area contributed by atoms with E-state index in [0.717, 1.165) is 24.3 Å². The van der Waals surface area contributed by atoms with E-state index in [1.807, 2.05) is 13.8 Å². The van der Waals surface area contributed by atoms with Gasteiger partial charge in [-0.15, -0.1) is 25.6 Å². The highest BCUT2D eigenvalue weighted by molar-refractivity contribution is 7.89. The number of benzene rings is 1. The summed E-state index contributed by atoms with van der Waals surface area (Å²) in [5.74, 6) is -1.12. The molecule has 156 valence electrons. The van der Waals surface area contributed by atoms with E-state index < -0.39 is 40.1 Å². The number of rotatable bonds is 9. The van der Waals surface area contributed by atoms with E-state index in [-0.39, 0.29) is 23.8 Å². The molecule has 1 aromatic carbocycles. The first-order valence-corrected chi connectivity index (χ1v) is 9.30. The maximum Gasteiger partial charge on any atom is 0.573 e. The van der Waals surface area contributed by atoms with Gasteiger partial charge in [0.25, 0.3) is 0 Å². The van der Waals surface area contributed by atoms with Crippen LogP contribution in [0.2, 0.25) is 0 Å². The normalized spacial score (nSPS) is 12.2. The molecule has 1 amide bonds. The number of carbonyl (C=O) groups excluding carboxylic acids is 1. The Hall–Kier alpha value is -1.56. The maximum atomic E-state index is 12.1. The fourth-order valence-electron chi connectivity index (χ4n) is 1.90. The SMILES string of the molecule is CCC(N)(CC)CNC(=O)CNS(=O)(=O)c1ccc(OC(F)(F)F)cc1.Cl. The lowest BCUT2D eigenvalue weighted by molar-refractivity contribution is -0.274. The first kappa shape index (κ1) is 25.4. The fraction of sp³-hybridized carbons (Fsp3) is 0.533. The summed E-state index contributed by atoms with van der Waals surface area (Å²) >= 11 is 0. The van der Waals surface area contributed by atoms with Gasteiger partial charge in [0.05, 0.1) is 11.4 Å². The molecule has 0 bridgehead atoms. The summed E-state index contributed by atoms with van der Waals surface area (Å²) < 4.78 is 66.1. The Labute approximate surface area is 162 Å². The van der Waals surface area contributed by atoms with Crippen LogP contribution in [0.15, 0.2) is 29.2 Å². The van der Waals surface area contributed by atoms with Gasteiger partial charge in [-0.05, 0) is 37.1 Å². The van der Waals surface area contributed by atoms with Crippen LogP contribution in [0.4, 0.5) is 13.2 Å². The zero-order valence-electron chi connectivity index (χ0n) is 14.8. The second-order valence-electron chi connectivity index (χ2n) is 5.69. The lowest BCUT2D eigenvalue weighted by atomic mass is 9.94.